The highest BCUT2D eigenvalue weighted by atomic mass is 19.1. The smallest absolute Gasteiger partial charge is 0.224 e. The minimum Gasteiger partial charge on any atom is -0.369 e. The van der Waals surface area contributed by atoms with Crippen molar-refractivity contribution in [3.8, 4) is 0 Å². The first kappa shape index (κ1) is 19.8. The van der Waals surface area contributed by atoms with E-state index in [4.69, 9.17) is 5.73 Å². The zero-order valence-electron chi connectivity index (χ0n) is 14.1. The molecule has 0 saturated heterocycles. The highest BCUT2D eigenvalue weighted by Crippen LogP contribution is 2.25. The lowest BCUT2D eigenvalue weighted by Crippen LogP contribution is -2.40. The van der Waals surface area contributed by atoms with E-state index in [0.29, 0.717) is 18.5 Å². The average molecular weight is 338 g/mol. The molecule has 0 bridgehead atoms. The van der Waals surface area contributed by atoms with Crippen LogP contribution in [0, 0.1) is 23.5 Å². The summed E-state index contributed by atoms with van der Waals surface area (Å²) < 4.78 is 26.5. The lowest BCUT2D eigenvalue weighted by Gasteiger charge is -2.24. The molecule has 1 rings (SSSR count). The summed E-state index contributed by atoms with van der Waals surface area (Å²) in [7, 11) is 0. The number of carbonyl (C=O) groups is 2. The Labute approximate surface area is 141 Å². The molecule has 0 heterocycles. The second kappa shape index (κ2) is 9.15. The zero-order valence-corrected chi connectivity index (χ0v) is 14.1. The van der Waals surface area contributed by atoms with Gasteiger partial charge < -0.3 is 11.1 Å². The molecular formula is C18H24F2N2O2. The van der Waals surface area contributed by atoms with E-state index < -0.39 is 29.4 Å². The summed E-state index contributed by atoms with van der Waals surface area (Å²) in [5, 5.41) is 2.69. The lowest BCUT2D eigenvalue weighted by molar-refractivity contribution is -0.133. The van der Waals surface area contributed by atoms with Crippen molar-refractivity contribution in [3.63, 3.8) is 0 Å². The van der Waals surface area contributed by atoms with Gasteiger partial charge in [-0.3, -0.25) is 9.59 Å². The van der Waals surface area contributed by atoms with Crippen LogP contribution in [0.4, 0.5) is 8.78 Å². The third-order valence-electron chi connectivity index (χ3n) is 3.77. The van der Waals surface area contributed by atoms with E-state index in [-0.39, 0.29) is 18.7 Å². The van der Waals surface area contributed by atoms with Crippen molar-refractivity contribution in [2.24, 2.45) is 17.6 Å². The highest BCUT2D eigenvalue weighted by molar-refractivity contribution is 5.87. The minimum absolute atomic E-state index is 0.229. The predicted molar refractivity (Wildman–Crippen MR) is 89.0 cm³/mol. The molecule has 0 fully saturated rings. The minimum atomic E-state index is -0.737. The molecular weight excluding hydrogens is 314 g/mol. The van der Waals surface area contributed by atoms with Crippen molar-refractivity contribution in [3.05, 3.63) is 47.5 Å². The number of allylic oxidation sites excluding steroid dienone is 1. The van der Waals surface area contributed by atoms with Crippen molar-refractivity contribution < 1.29 is 18.4 Å². The van der Waals surface area contributed by atoms with E-state index in [1.807, 2.05) is 0 Å². The Balaban J connectivity index is 2.94. The summed E-state index contributed by atoms with van der Waals surface area (Å²) in [5.74, 6) is -3.61. The number of hydrogen-bond acceptors (Lipinski definition) is 2. The Kier molecular flexibility index (Phi) is 7.55. The van der Waals surface area contributed by atoms with Crippen LogP contribution >= 0.6 is 0 Å². The number of hydrogen-bond donors (Lipinski definition) is 2. The van der Waals surface area contributed by atoms with Crippen molar-refractivity contribution in [1.82, 2.24) is 5.32 Å². The molecule has 0 aliphatic heterocycles. The van der Waals surface area contributed by atoms with Crippen LogP contribution in [0.5, 0.6) is 0 Å². The Morgan fingerprint density at radius 2 is 1.79 bits per heavy atom. The van der Waals surface area contributed by atoms with E-state index >= 15 is 0 Å². The number of primary amides is 1. The summed E-state index contributed by atoms with van der Waals surface area (Å²) in [6.45, 7) is 7.78. The first-order valence-corrected chi connectivity index (χ1v) is 7.91. The lowest BCUT2D eigenvalue weighted by atomic mass is 9.82. The number of amides is 2. The van der Waals surface area contributed by atoms with Gasteiger partial charge in [-0.05, 0) is 50.8 Å². The van der Waals surface area contributed by atoms with Gasteiger partial charge in [0.1, 0.15) is 11.6 Å². The van der Waals surface area contributed by atoms with Crippen LogP contribution in [-0.4, -0.2) is 18.4 Å². The number of aryl methyl sites for hydroxylation is 1. The zero-order chi connectivity index (χ0) is 18.3. The maximum absolute atomic E-state index is 13.3. The maximum atomic E-state index is 13.3. The molecule has 0 aromatic heterocycles. The van der Waals surface area contributed by atoms with Gasteiger partial charge in [0.15, 0.2) is 0 Å². The van der Waals surface area contributed by atoms with Crippen molar-refractivity contribution >= 4 is 11.8 Å². The van der Waals surface area contributed by atoms with Gasteiger partial charge in [-0.2, -0.15) is 0 Å². The molecule has 0 saturated carbocycles. The van der Waals surface area contributed by atoms with Crippen LogP contribution in [0.2, 0.25) is 0 Å². The monoisotopic (exact) mass is 338 g/mol. The molecule has 1 unspecified atom stereocenters. The quantitative estimate of drug-likeness (QED) is 0.680. The summed E-state index contributed by atoms with van der Waals surface area (Å²) in [4.78, 5) is 24.1. The van der Waals surface area contributed by atoms with Gasteiger partial charge in [0.2, 0.25) is 11.8 Å². The standard InChI is InChI=1S/C18H24F2N2O2/c1-4-22-18(24)16(7-11(2)3)15(17(21)23)6-5-12-8-13(19)10-14(20)9-12/h8-10,15-16H,2,4-7H2,1,3H3,(H2,21,23)(H,22,24)/t15-,16?/m0/s1. The number of nitrogens with two attached hydrogens (primary N) is 1. The average Bonchev–Trinajstić information content (AvgIpc) is 2.44. The Bertz CT molecular complexity index is 597. The number of halogens is 2. The molecule has 1 aromatic rings. The fraction of sp³-hybridized carbons (Fsp3) is 0.444. The molecule has 0 aliphatic rings. The fourth-order valence-corrected chi connectivity index (χ4v) is 2.72. The number of rotatable bonds is 9. The van der Waals surface area contributed by atoms with Crippen LogP contribution in [0.1, 0.15) is 32.3 Å². The molecule has 2 amide bonds. The summed E-state index contributed by atoms with van der Waals surface area (Å²) in [5.41, 5.74) is 6.65. The fourth-order valence-electron chi connectivity index (χ4n) is 2.72. The summed E-state index contributed by atoms with van der Waals surface area (Å²) in [6.07, 6.45) is 0.804. The van der Waals surface area contributed by atoms with Crippen LogP contribution in [0.3, 0.4) is 0 Å². The Morgan fingerprint density at radius 3 is 2.25 bits per heavy atom. The van der Waals surface area contributed by atoms with E-state index in [1.54, 1.807) is 13.8 Å². The third kappa shape index (κ3) is 6.10. The third-order valence-corrected chi connectivity index (χ3v) is 3.77. The summed E-state index contributed by atoms with van der Waals surface area (Å²) >= 11 is 0. The maximum Gasteiger partial charge on any atom is 0.224 e. The molecule has 0 spiro atoms. The second-order valence-corrected chi connectivity index (χ2v) is 5.99. The molecule has 4 nitrogen and oxygen atoms in total. The van der Waals surface area contributed by atoms with Crippen LogP contribution in [0.25, 0.3) is 0 Å². The van der Waals surface area contributed by atoms with Gasteiger partial charge in [0, 0.05) is 18.5 Å². The Hall–Kier alpha value is -2.24. The molecule has 132 valence electrons. The number of benzene rings is 1. The van der Waals surface area contributed by atoms with Crippen LogP contribution < -0.4 is 11.1 Å². The summed E-state index contributed by atoms with van der Waals surface area (Å²) in [6, 6.07) is 3.20. The first-order chi connectivity index (χ1) is 11.2. The van der Waals surface area contributed by atoms with Gasteiger partial charge in [-0.1, -0.05) is 5.57 Å². The largest absolute Gasteiger partial charge is 0.369 e. The molecule has 0 aliphatic carbocycles. The predicted octanol–water partition coefficient (Wildman–Crippen LogP) is 2.72. The SMILES string of the molecule is C=C(C)CC(C(=O)NCC)[C@H](CCc1cc(F)cc(F)c1)C(N)=O. The van der Waals surface area contributed by atoms with Crippen LogP contribution in [0.15, 0.2) is 30.4 Å². The van der Waals surface area contributed by atoms with Gasteiger partial charge in [0.05, 0.1) is 5.92 Å². The molecule has 6 heteroatoms. The molecule has 24 heavy (non-hydrogen) atoms. The van der Waals surface area contributed by atoms with Gasteiger partial charge >= 0.3 is 0 Å². The van der Waals surface area contributed by atoms with Crippen molar-refractivity contribution in [2.75, 3.05) is 6.54 Å². The van der Waals surface area contributed by atoms with E-state index in [9.17, 15) is 18.4 Å². The molecule has 1 aromatic carbocycles. The van der Waals surface area contributed by atoms with Crippen molar-refractivity contribution in [1.29, 1.82) is 0 Å². The van der Waals surface area contributed by atoms with Crippen molar-refractivity contribution in [2.45, 2.75) is 33.1 Å². The number of carbonyl (C=O) groups excluding carboxylic acids is 2. The van der Waals surface area contributed by atoms with Gasteiger partial charge in [-0.15, -0.1) is 6.58 Å². The van der Waals surface area contributed by atoms with E-state index in [2.05, 4.69) is 11.9 Å². The Morgan fingerprint density at radius 1 is 1.21 bits per heavy atom. The van der Waals surface area contributed by atoms with Crippen LogP contribution in [-0.2, 0) is 16.0 Å². The topological polar surface area (TPSA) is 72.2 Å². The molecule has 0 radical (unpaired) electrons. The molecule has 3 N–H and O–H groups in total. The second-order valence-electron chi connectivity index (χ2n) is 5.99. The van der Waals surface area contributed by atoms with E-state index in [1.165, 1.54) is 12.1 Å². The first-order valence-electron chi connectivity index (χ1n) is 7.91. The van der Waals surface area contributed by atoms with E-state index in [0.717, 1.165) is 11.6 Å². The highest BCUT2D eigenvalue weighted by Gasteiger charge is 2.31. The van der Waals surface area contributed by atoms with Gasteiger partial charge in [0.25, 0.3) is 0 Å². The molecule has 2 atom stereocenters. The van der Waals surface area contributed by atoms with Gasteiger partial charge in [-0.25, -0.2) is 8.78 Å². The number of nitrogens with one attached hydrogen (secondary N) is 1. The normalized spacial score (nSPS) is 13.2.